The van der Waals surface area contributed by atoms with Gasteiger partial charge in [-0.15, -0.1) is 0 Å². The zero-order valence-electron chi connectivity index (χ0n) is 12.6. The van der Waals surface area contributed by atoms with Gasteiger partial charge >= 0.3 is 0 Å². The fourth-order valence-electron chi connectivity index (χ4n) is 2.53. The predicted molar refractivity (Wildman–Crippen MR) is 85.9 cm³/mol. The first-order valence-corrected chi connectivity index (χ1v) is 7.74. The summed E-state index contributed by atoms with van der Waals surface area (Å²) in [7, 11) is 0. The quantitative estimate of drug-likeness (QED) is 0.850. The zero-order chi connectivity index (χ0) is 15.7. The van der Waals surface area contributed by atoms with E-state index >= 15 is 0 Å². The third-order valence-corrected chi connectivity index (χ3v) is 4.02. The number of amides is 1. The smallest absolute Gasteiger partial charge is 0.263 e. The number of aromatic nitrogens is 2. The Hall–Kier alpha value is -2.01. The molecule has 6 heteroatoms. The van der Waals surface area contributed by atoms with Gasteiger partial charge in [0.1, 0.15) is 10.9 Å². The maximum Gasteiger partial charge on any atom is 0.263 e. The summed E-state index contributed by atoms with van der Waals surface area (Å²) in [6, 6.07) is 7.66. The van der Waals surface area contributed by atoms with E-state index in [9.17, 15) is 4.79 Å². The lowest BCUT2D eigenvalue weighted by Crippen LogP contribution is -2.31. The van der Waals surface area contributed by atoms with E-state index in [-0.39, 0.29) is 11.9 Å². The lowest BCUT2D eigenvalue weighted by atomic mass is 10.2. The van der Waals surface area contributed by atoms with E-state index in [1.165, 1.54) is 0 Å². The van der Waals surface area contributed by atoms with Crippen molar-refractivity contribution in [3.63, 3.8) is 0 Å². The Bertz CT molecular complexity index is 696. The molecule has 1 amide bonds. The number of nitrogens with zero attached hydrogens (tertiary/aromatic N) is 3. The molecule has 0 N–H and O–H groups in total. The molecule has 2 aromatic rings. The van der Waals surface area contributed by atoms with Crippen molar-refractivity contribution in [2.75, 3.05) is 18.1 Å². The van der Waals surface area contributed by atoms with Gasteiger partial charge in [0.05, 0.1) is 24.1 Å². The van der Waals surface area contributed by atoms with Crippen molar-refractivity contribution in [2.24, 2.45) is 0 Å². The van der Waals surface area contributed by atoms with Crippen LogP contribution in [0.5, 0.6) is 5.75 Å². The van der Waals surface area contributed by atoms with Crippen LogP contribution in [0.15, 0.2) is 30.5 Å². The molecule has 0 spiro atoms. The number of benzene rings is 1. The van der Waals surface area contributed by atoms with Gasteiger partial charge in [-0.05, 0) is 32.4 Å². The van der Waals surface area contributed by atoms with Crippen molar-refractivity contribution in [2.45, 2.75) is 26.3 Å². The molecule has 0 saturated carbocycles. The maximum absolute atomic E-state index is 12.9. The first kappa shape index (κ1) is 14.9. The number of hydrogen-bond acceptors (Lipinski definition) is 3. The standard InChI is InChI=1S/C16H18ClN3O2/c1-11(2)20-15(17)12(10-18-20)16(21)19-8-5-9-22-14-7-4-3-6-13(14)19/h3-4,6-7,10-11H,5,8-9H2,1-2H3. The minimum absolute atomic E-state index is 0.105. The molecular weight excluding hydrogens is 302 g/mol. The first-order chi connectivity index (χ1) is 10.6. The number of halogens is 1. The van der Waals surface area contributed by atoms with Gasteiger partial charge in [0, 0.05) is 12.6 Å². The summed E-state index contributed by atoms with van der Waals surface area (Å²) >= 11 is 6.32. The highest BCUT2D eigenvalue weighted by Crippen LogP contribution is 2.32. The minimum atomic E-state index is -0.144. The van der Waals surface area contributed by atoms with Crippen molar-refractivity contribution in [1.82, 2.24) is 9.78 Å². The number of para-hydroxylation sites is 2. The third kappa shape index (κ3) is 2.57. The summed E-state index contributed by atoms with van der Waals surface area (Å²) in [5.41, 5.74) is 1.20. The summed E-state index contributed by atoms with van der Waals surface area (Å²) in [6.07, 6.45) is 2.31. The zero-order valence-corrected chi connectivity index (χ0v) is 13.4. The highest BCUT2D eigenvalue weighted by molar-refractivity contribution is 6.33. The van der Waals surface area contributed by atoms with E-state index in [2.05, 4.69) is 5.10 Å². The van der Waals surface area contributed by atoms with Gasteiger partial charge in [0.2, 0.25) is 0 Å². The molecule has 1 aliphatic rings. The van der Waals surface area contributed by atoms with E-state index < -0.39 is 0 Å². The molecule has 0 unspecified atom stereocenters. The highest BCUT2D eigenvalue weighted by Gasteiger charge is 2.26. The third-order valence-electron chi connectivity index (χ3n) is 3.64. The van der Waals surface area contributed by atoms with Crippen LogP contribution in [0.4, 0.5) is 5.69 Å². The van der Waals surface area contributed by atoms with Gasteiger partial charge in [0.25, 0.3) is 5.91 Å². The van der Waals surface area contributed by atoms with E-state index in [1.807, 2.05) is 38.1 Å². The number of rotatable bonds is 2. The number of anilines is 1. The monoisotopic (exact) mass is 319 g/mol. The summed E-state index contributed by atoms with van der Waals surface area (Å²) in [5.74, 6) is 0.579. The number of carbonyl (C=O) groups is 1. The molecule has 2 heterocycles. The highest BCUT2D eigenvalue weighted by atomic mass is 35.5. The van der Waals surface area contributed by atoms with Crippen molar-refractivity contribution in [3.05, 3.63) is 41.2 Å². The Morgan fingerprint density at radius 2 is 2.14 bits per heavy atom. The van der Waals surface area contributed by atoms with Crippen LogP contribution in [0.25, 0.3) is 0 Å². The molecule has 3 rings (SSSR count). The van der Waals surface area contributed by atoms with Gasteiger partial charge in [-0.2, -0.15) is 5.10 Å². The Balaban J connectivity index is 1.99. The van der Waals surface area contributed by atoms with E-state index in [0.29, 0.717) is 23.9 Å². The number of fused-ring (bicyclic) bond motifs is 1. The molecule has 0 atom stereocenters. The molecule has 5 nitrogen and oxygen atoms in total. The average Bonchev–Trinajstić information content (AvgIpc) is 2.77. The number of carbonyl (C=O) groups excluding carboxylic acids is 1. The lowest BCUT2D eigenvalue weighted by Gasteiger charge is -2.21. The second-order valence-corrected chi connectivity index (χ2v) is 5.87. The van der Waals surface area contributed by atoms with Crippen LogP contribution in [-0.2, 0) is 0 Å². The molecule has 0 bridgehead atoms. The van der Waals surface area contributed by atoms with Crippen LogP contribution in [0, 0.1) is 0 Å². The maximum atomic E-state index is 12.9. The van der Waals surface area contributed by atoms with Crippen LogP contribution < -0.4 is 9.64 Å². The average molecular weight is 320 g/mol. The fraction of sp³-hybridized carbons (Fsp3) is 0.375. The fourth-order valence-corrected chi connectivity index (χ4v) is 2.90. The van der Waals surface area contributed by atoms with E-state index in [4.69, 9.17) is 16.3 Å². The summed E-state index contributed by atoms with van der Waals surface area (Å²) in [4.78, 5) is 14.6. The second-order valence-electron chi connectivity index (χ2n) is 5.51. The molecule has 0 aliphatic carbocycles. The molecule has 0 saturated heterocycles. The molecular formula is C16H18ClN3O2. The largest absolute Gasteiger partial charge is 0.491 e. The molecule has 0 radical (unpaired) electrons. The predicted octanol–water partition coefficient (Wildman–Crippen LogP) is 3.55. The SMILES string of the molecule is CC(C)n1ncc(C(=O)N2CCCOc3ccccc32)c1Cl. The van der Waals surface area contributed by atoms with Crippen molar-refractivity contribution in [1.29, 1.82) is 0 Å². The van der Waals surface area contributed by atoms with Crippen LogP contribution in [0.3, 0.4) is 0 Å². The molecule has 1 aliphatic heterocycles. The van der Waals surface area contributed by atoms with Crippen LogP contribution in [0.1, 0.15) is 36.7 Å². The van der Waals surface area contributed by atoms with Gasteiger partial charge < -0.3 is 9.64 Å². The van der Waals surface area contributed by atoms with Crippen molar-refractivity contribution >= 4 is 23.2 Å². The van der Waals surface area contributed by atoms with Gasteiger partial charge in [-0.1, -0.05) is 23.7 Å². The topological polar surface area (TPSA) is 47.4 Å². The van der Waals surface area contributed by atoms with Crippen molar-refractivity contribution in [3.8, 4) is 5.75 Å². The van der Waals surface area contributed by atoms with Crippen LogP contribution in [-0.4, -0.2) is 28.8 Å². The summed E-state index contributed by atoms with van der Waals surface area (Å²) < 4.78 is 7.34. The first-order valence-electron chi connectivity index (χ1n) is 7.36. The normalized spacial score (nSPS) is 14.5. The molecule has 116 valence electrons. The Morgan fingerprint density at radius 1 is 1.36 bits per heavy atom. The van der Waals surface area contributed by atoms with Gasteiger partial charge in [0.15, 0.2) is 0 Å². The molecule has 1 aromatic heterocycles. The Morgan fingerprint density at radius 3 is 2.86 bits per heavy atom. The second kappa shape index (κ2) is 6.01. The van der Waals surface area contributed by atoms with Crippen LogP contribution in [0.2, 0.25) is 5.15 Å². The molecule has 0 fully saturated rings. The molecule has 22 heavy (non-hydrogen) atoms. The Kier molecular flexibility index (Phi) is 4.07. The summed E-state index contributed by atoms with van der Waals surface area (Å²) in [6.45, 7) is 5.14. The number of hydrogen-bond donors (Lipinski definition) is 0. The van der Waals surface area contributed by atoms with Crippen LogP contribution >= 0.6 is 11.6 Å². The minimum Gasteiger partial charge on any atom is -0.491 e. The van der Waals surface area contributed by atoms with E-state index in [1.54, 1.807) is 15.8 Å². The van der Waals surface area contributed by atoms with Gasteiger partial charge in [-0.3, -0.25) is 9.48 Å². The summed E-state index contributed by atoms with van der Waals surface area (Å²) in [5, 5.41) is 4.59. The van der Waals surface area contributed by atoms with Crippen molar-refractivity contribution < 1.29 is 9.53 Å². The van der Waals surface area contributed by atoms with Gasteiger partial charge in [-0.25, -0.2) is 0 Å². The number of ether oxygens (including phenoxy) is 1. The molecule has 1 aromatic carbocycles. The lowest BCUT2D eigenvalue weighted by molar-refractivity contribution is 0.0987. The van der Waals surface area contributed by atoms with E-state index in [0.717, 1.165) is 17.9 Å². The Labute approximate surface area is 134 Å².